The van der Waals surface area contributed by atoms with Crippen molar-refractivity contribution < 1.29 is 18.7 Å². The van der Waals surface area contributed by atoms with Gasteiger partial charge >= 0.3 is 0 Å². The molecule has 0 spiro atoms. The Morgan fingerprint density at radius 1 is 1.23 bits per heavy atom. The lowest BCUT2D eigenvalue weighted by molar-refractivity contribution is -0.116. The van der Waals surface area contributed by atoms with Crippen molar-refractivity contribution in [2.24, 2.45) is 10.2 Å². The summed E-state index contributed by atoms with van der Waals surface area (Å²) in [5.74, 6) is 1.12. The van der Waals surface area contributed by atoms with Gasteiger partial charge in [-0.2, -0.15) is 5.10 Å². The van der Waals surface area contributed by atoms with Crippen LogP contribution in [0.2, 0.25) is 0 Å². The molecule has 6 nitrogen and oxygen atoms in total. The molecule has 3 rings (SSSR count). The SMILES string of the molecule is COc1cc(/C=N/N=C2/NC(=O)CS2)ccc1OCc1ccc(F)cc1. The molecular formula is C18H16FN3O3S. The highest BCUT2D eigenvalue weighted by atomic mass is 32.2. The summed E-state index contributed by atoms with van der Waals surface area (Å²) in [4.78, 5) is 11.1. The monoisotopic (exact) mass is 373 g/mol. The van der Waals surface area contributed by atoms with Crippen LogP contribution >= 0.6 is 11.8 Å². The molecule has 1 aliphatic heterocycles. The number of benzene rings is 2. The first kappa shape index (κ1) is 17.9. The maximum atomic E-state index is 12.9. The van der Waals surface area contributed by atoms with E-state index < -0.39 is 0 Å². The van der Waals surface area contributed by atoms with Crippen LogP contribution in [0.15, 0.2) is 52.7 Å². The Bertz CT molecular complexity index is 853. The molecule has 2 aromatic carbocycles. The van der Waals surface area contributed by atoms with Gasteiger partial charge in [-0.25, -0.2) is 4.39 Å². The third-order valence-electron chi connectivity index (χ3n) is 3.44. The molecule has 1 saturated heterocycles. The van der Waals surface area contributed by atoms with Gasteiger partial charge in [0.05, 0.1) is 19.1 Å². The van der Waals surface area contributed by atoms with Gasteiger partial charge in [0.2, 0.25) is 5.91 Å². The minimum absolute atomic E-state index is 0.0757. The van der Waals surface area contributed by atoms with Crippen molar-refractivity contribution in [1.29, 1.82) is 0 Å². The Hall–Kier alpha value is -2.87. The van der Waals surface area contributed by atoms with Crippen molar-refractivity contribution in [2.45, 2.75) is 6.61 Å². The first-order chi connectivity index (χ1) is 12.6. The van der Waals surface area contributed by atoms with Crippen LogP contribution in [0.4, 0.5) is 4.39 Å². The van der Waals surface area contributed by atoms with Gasteiger partial charge in [0.15, 0.2) is 16.7 Å². The number of halogens is 1. The number of nitrogens with one attached hydrogen (secondary N) is 1. The van der Waals surface area contributed by atoms with Crippen LogP contribution < -0.4 is 14.8 Å². The lowest BCUT2D eigenvalue weighted by Crippen LogP contribution is -2.19. The van der Waals surface area contributed by atoms with Crippen molar-refractivity contribution in [2.75, 3.05) is 12.9 Å². The topological polar surface area (TPSA) is 72.3 Å². The maximum Gasteiger partial charge on any atom is 0.236 e. The summed E-state index contributed by atoms with van der Waals surface area (Å²) in [5.41, 5.74) is 1.63. The van der Waals surface area contributed by atoms with Crippen LogP contribution in [0.5, 0.6) is 11.5 Å². The first-order valence-electron chi connectivity index (χ1n) is 7.73. The quantitative estimate of drug-likeness (QED) is 0.624. The highest BCUT2D eigenvalue weighted by molar-refractivity contribution is 8.15. The summed E-state index contributed by atoms with van der Waals surface area (Å²) in [6, 6.07) is 11.5. The fourth-order valence-electron chi connectivity index (χ4n) is 2.15. The summed E-state index contributed by atoms with van der Waals surface area (Å²) < 4.78 is 24.0. The fourth-order valence-corrected chi connectivity index (χ4v) is 2.78. The summed E-state index contributed by atoms with van der Waals surface area (Å²) in [6.45, 7) is 0.300. The normalized spacial score (nSPS) is 15.5. The van der Waals surface area contributed by atoms with Crippen molar-refractivity contribution >= 4 is 29.1 Å². The van der Waals surface area contributed by atoms with E-state index in [4.69, 9.17) is 9.47 Å². The second kappa shape index (κ2) is 8.48. The number of thioether (sulfide) groups is 1. The van der Waals surface area contributed by atoms with Crippen LogP contribution in [0.3, 0.4) is 0 Å². The predicted octanol–water partition coefficient (Wildman–Crippen LogP) is 2.97. The molecule has 0 aromatic heterocycles. The number of amides is 1. The molecule has 0 saturated carbocycles. The van der Waals surface area contributed by atoms with E-state index in [0.717, 1.165) is 11.1 Å². The maximum absolute atomic E-state index is 12.9. The zero-order valence-corrected chi connectivity index (χ0v) is 14.8. The van der Waals surface area contributed by atoms with Crippen LogP contribution in [0.1, 0.15) is 11.1 Å². The zero-order chi connectivity index (χ0) is 18.4. The molecule has 1 N–H and O–H groups in total. The van der Waals surface area contributed by atoms with Crippen LogP contribution in [0, 0.1) is 5.82 Å². The molecule has 1 amide bonds. The summed E-state index contributed by atoms with van der Waals surface area (Å²) in [6.07, 6.45) is 1.56. The number of ether oxygens (including phenoxy) is 2. The average molecular weight is 373 g/mol. The van der Waals surface area contributed by atoms with Crippen LogP contribution in [-0.4, -0.2) is 30.2 Å². The van der Waals surface area contributed by atoms with E-state index in [1.807, 2.05) is 6.07 Å². The molecule has 0 bridgehead atoms. The third kappa shape index (κ3) is 4.82. The average Bonchev–Trinajstić information content (AvgIpc) is 3.07. The Balaban J connectivity index is 1.65. The smallest absolute Gasteiger partial charge is 0.236 e. The van der Waals surface area contributed by atoms with E-state index in [1.54, 1.807) is 37.6 Å². The van der Waals surface area contributed by atoms with E-state index in [-0.39, 0.29) is 11.7 Å². The summed E-state index contributed by atoms with van der Waals surface area (Å²) in [5, 5.41) is 11.0. The second-order valence-corrected chi connectivity index (χ2v) is 6.28. The molecule has 26 heavy (non-hydrogen) atoms. The lowest BCUT2D eigenvalue weighted by Gasteiger charge is -2.11. The lowest BCUT2D eigenvalue weighted by atomic mass is 10.2. The number of amidine groups is 1. The number of hydrogen-bond acceptors (Lipinski definition) is 6. The summed E-state index contributed by atoms with van der Waals surface area (Å²) in [7, 11) is 1.55. The van der Waals surface area contributed by atoms with E-state index in [2.05, 4.69) is 15.5 Å². The Labute approximate surface area is 154 Å². The Morgan fingerprint density at radius 3 is 2.73 bits per heavy atom. The molecule has 1 heterocycles. The Morgan fingerprint density at radius 2 is 2.04 bits per heavy atom. The highest BCUT2D eigenvalue weighted by Crippen LogP contribution is 2.28. The molecule has 2 aromatic rings. The molecule has 134 valence electrons. The second-order valence-electron chi connectivity index (χ2n) is 5.31. The molecule has 0 atom stereocenters. The molecule has 0 unspecified atom stereocenters. The highest BCUT2D eigenvalue weighted by Gasteiger charge is 2.15. The van der Waals surface area contributed by atoms with Gasteiger partial charge in [-0.3, -0.25) is 4.79 Å². The molecule has 8 heteroatoms. The van der Waals surface area contributed by atoms with Crippen molar-refractivity contribution in [3.05, 3.63) is 59.4 Å². The minimum Gasteiger partial charge on any atom is -0.493 e. The minimum atomic E-state index is -0.283. The van der Waals surface area contributed by atoms with Crippen LogP contribution in [0.25, 0.3) is 0 Å². The Kier molecular flexibility index (Phi) is 5.85. The zero-order valence-electron chi connectivity index (χ0n) is 13.9. The number of methoxy groups -OCH3 is 1. The van der Waals surface area contributed by atoms with E-state index >= 15 is 0 Å². The fraction of sp³-hybridized carbons (Fsp3) is 0.167. The number of nitrogens with zero attached hydrogens (tertiary/aromatic N) is 2. The van der Waals surface area contributed by atoms with Gasteiger partial charge < -0.3 is 14.8 Å². The molecule has 1 fully saturated rings. The molecule has 0 radical (unpaired) electrons. The van der Waals surface area contributed by atoms with Crippen LogP contribution in [-0.2, 0) is 11.4 Å². The van der Waals surface area contributed by atoms with E-state index in [9.17, 15) is 9.18 Å². The van der Waals surface area contributed by atoms with Crippen molar-refractivity contribution in [3.63, 3.8) is 0 Å². The van der Waals surface area contributed by atoms with Gasteiger partial charge in [0, 0.05) is 0 Å². The molecule has 1 aliphatic rings. The van der Waals surface area contributed by atoms with Crippen molar-refractivity contribution in [1.82, 2.24) is 5.32 Å². The van der Waals surface area contributed by atoms with Gasteiger partial charge in [-0.15, -0.1) is 5.10 Å². The van der Waals surface area contributed by atoms with Gasteiger partial charge in [-0.05, 0) is 41.5 Å². The number of rotatable bonds is 6. The summed E-state index contributed by atoms with van der Waals surface area (Å²) >= 11 is 1.31. The van der Waals surface area contributed by atoms with Crippen molar-refractivity contribution in [3.8, 4) is 11.5 Å². The number of hydrogen-bond donors (Lipinski definition) is 1. The standard InChI is InChI=1S/C18H16FN3O3S/c1-24-16-8-13(9-20-22-18-21-17(23)11-26-18)4-7-15(16)25-10-12-2-5-14(19)6-3-12/h2-9H,10-11H2,1H3,(H,21,22,23)/b20-9+. The molecule has 0 aliphatic carbocycles. The first-order valence-corrected chi connectivity index (χ1v) is 8.71. The van der Waals surface area contributed by atoms with Gasteiger partial charge in [0.25, 0.3) is 0 Å². The van der Waals surface area contributed by atoms with E-state index in [0.29, 0.717) is 29.0 Å². The predicted molar refractivity (Wildman–Crippen MR) is 99.4 cm³/mol. The van der Waals surface area contributed by atoms with Gasteiger partial charge in [0.1, 0.15) is 12.4 Å². The van der Waals surface area contributed by atoms with Gasteiger partial charge in [-0.1, -0.05) is 23.9 Å². The number of carbonyl (C=O) groups excluding carboxylic acids is 1. The molecular weight excluding hydrogens is 357 g/mol. The third-order valence-corrected chi connectivity index (χ3v) is 4.30. The largest absolute Gasteiger partial charge is 0.493 e. The van der Waals surface area contributed by atoms with E-state index in [1.165, 1.54) is 23.9 Å². The number of carbonyl (C=O) groups is 1.